The lowest BCUT2D eigenvalue weighted by Gasteiger charge is -2.52. The molecule has 3 aliphatic carbocycles. The number of ether oxygens (including phenoxy) is 6. The molecule has 3 aromatic rings. The lowest BCUT2D eigenvalue weighted by atomic mass is 9.47. The molecule has 5 fully saturated rings. The quantitative estimate of drug-likeness (QED) is 0.147. The van der Waals surface area contributed by atoms with E-state index in [1.54, 1.807) is 13.8 Å². The fraction of sp³-hybridized carbons (Fsp3) is 0.500. The lowest BCUT2D eigenvalue weighted by Crippen LogP contribution is -2.67. The number of carbonyl (C=O) groups is 4. The summed E-state index contributed by atoms with van der Waals surface area (Å²) in [5.41, 5.74) is -1.54. The number of esters is 3. The second-order valence-corrected chi connectivity index (χ2v) is 15.2. The minimum Gasteiger partial charge on any atom is -0.462 e. The summed E-state index contributed by atoms with van der Waals surface area (Å²) in [6, 6.07) is 12.0. The smallest absolute Gasteiger partial charge is 0.345 e. The van der Waals surface area contributed by atoms with E-state index in [1.807, 2.05) is 13.8 Å². The van der Waals surface area contributed by atoms with Gasteiger partial charge in [-0.05, 0) is 81.3 Å². The number of fused-ring (bicyclic) bond motifs is 5. The van der Waals surface area contributed by atoms with Crippen LogP contribution in [0.1, 0.15) is 112 Å². The molecule has 9 rings (SSSR count). The molecule has 0 bridgehead atoms. The van der Waals surface area contributed by atoms with Crippen molar-refractivity contribution in [3.63, 3.8) is 0 Å². The van der Waals surface area contributed by atoms with Gasteiger partial charge >= 0.3 is 17.9 Å². The van der Waals surface area contributed by atoms with Gasteiger partial charge in [0.15, 0.2) is 17.5 Å². The van der Waals surface area contributed by atoms with Crippen molar-refractivity contribution in [2.45, 2.75) is 101 Å². The highest BCUT2D eigenvalue weighted by Crippen LogP contribution is 2.84. The minimum absolute atomic E-state index is 0.00354. The number of epoxide rings is 3. The first-order valence-corrected chi connectivity index (χ1v) is 18.0. The first-order chi connectivity index (χ1) is 24.9. The molecule has 12 heteroatoms. The Hall–Kier alpha value is -4.39. The van der Waals surface area contributed by atoms with Gasteiger partial charge in [0.1, 0.15) is 23.4 Å². The van der Waals surface area contributed by atoms with Crippen molar-refractivity contribution in [1.82, 2.24) is 0 Å². The predicted molar refractivity (Wildman–Crippen MR) is 178 cm³/mol. The van der Waals surface area contributed by atoms with Crippen LogP contribution in [0.15, 0.2) is 52.9 Å². The van der Waals surface area contributed by atoms with Gasteiger partial charge in [0, 0.05) is 22.1 Å². The highest BCUT2D eigenvalue weighted by molar-refractivity contribution is 6.09. The Kier molecular flexibility index (Phi) is 7.12. The molecule has 0 amide bonds. The number of rotatable bonds is 9. The van der Waals surface area contributed by atoms with Gasteiger partial charge < -0.3 is 32.8 Å². The maximum Gasteiger partial charge on any atom is 0.345 e. The van der Waals surface area contributed by atoms with E-state index >= 15 is 4.39 Å². The summed E-state index contributed by atoms with van der Waals surface area (Å²) in [7, 11) is 0. The molecule has 1 aromatic heterocycles. The van der Waals surface area contributed by atoms with Crippen molar-refractivity contribution in [3.05, 3.63) is 87.7 Å². The van der Waals surface area contributed by atoms with Crippen molar-refractivity contribution in [3.8, 4) is 5.95 Å². The molecule has 3 aliphatic heterocycles. The number of hydrogen-bond donors (Lipinski definition) is 0. The fourth-order valence-electron chi connectivity index (χ4n) is 10.0. The number of furan rings is 1. The van der Waals surface area contributed by atoms with Gasteiger partial charge in [0.25, 0.3) is 5.95 Å². The first kappa shape index (κ1) is 33.4. The molecule has 272 valence electrons. The zero-order chi connectivity index (χ0) is 36.5. The Bertz CT molecular complexity index is 2040. The largest absolute Gasteiger partial charge is 0.462 e. The van der Waals surface area contributed by atoms with Crippen LogP contribution < -0.4 is 4.74 Å². The van der Waals surface area contributed by atoms with E-state index < -0.39 is 58.2 Å². The number of ketones is 1. The fourth-order valence-corrected chi connectivity index (χ4v) is 10.0. The molecule has 0 radical (unpaired) electrons. The molecule has 4 heterocycles. The summed E-state index contributed by atoms with van der Waals surface area (Å²) >= 11 is 0. The molecule has 3 saturated heterocycles. The van der Waals surface area contributed by atoms with E-state index in [1.165, 1.54) is 48.5 Å². The minimum atomic E-state index is -1.37. The summed E-state index contributed by atoms with van der Waals surface area (Å²) in [6.07, 6.45) is -1.27. The number of carbonyl (C=O) groups excluding carboxylic acids is 4. The summed E-state index contributed by atoms with van der Waals surface area (Å²) < 4.78 is 58.4. The normalized spacial score (nSPS) is 35.4. The molecule has 52 heavy (non-hydrogen) atoms. The van der Waals surface area contributed by atoms with Crippen LogP contribution in [0.5, 0.6) is 5.95 Å². The third kappa shape index (κ3) is 4.11. The van der Waals surface area contributed by atoms with Gasteiger partial charge in [-0.2, -0.15) is 0 Å². The maximum absolute atomic E-state index is 16.8. The van der Waals surface area contributed by atoms with Crippen LogP contribution in [0.4, 0.5) is 4.39 Å². The summed E-state index contributed by atoms with van der Waals surface area (Å²) in [6.45, 7) is 9.86. The molecule has 9 atom stereocenters. The van der Waals surface area contributed by atoms with Gasteiger partial charge in [0.2, 0.25) is 5.78 Å². The third-order valence-corrected chi connectivity index (χ3v) is 12.7. The molecular formula is C40H39FO11. The average Bonchev–Trinajstić information content (AvgIpc) is 4.06. The number of hydrogen-bond acceptors (Lipinski definition) is 11. The van der Waals surface area contributed by atoms with Crippen LogP contribution >= 0.6 is 0 Å². The Labute approximate surface area is 299 Å². The van der Waals surface area contributed by atoms with Crippen molar-refractivity contribution in [2.24, 2.45) is 11.3 Å². The molecule has 0 N–H and O–H groups in total. The van der Waals surface area contributed by atoms with Crippen molar-refractivity contribution < 1.29 is 56.4 Å². The van der Waals surface area contributed by atoms with E-state index in [-0.39, 0.29) is 65.7 Å². The van der Waals surface area contributed by atoms with Crippen LogP contribution in [0.25, 0.3) is 0 Å². The Morgan fingerprint density at radius 3 is 1.98 bits per heavy atom. The third-order valence-electron chi connectivity index (χ3n) is 12.7. The zero-order valence-corrected chi connectivity index (χ0v) is 29.5. The standard InChI is InChI=1S/C40H39FO11/c1-6-46-32(43)21-10-8-20(9-11-21)28(42)29-27-24(35(48-29)49-34(45)23-14-12-22(13-15-23)33(44)47-7-2)16-17-37(5)25(27)18-26-39(50-26)36(41)38(19(3)4)30(51-38)31-40(37,39)52-31/h8-15,19,25-26,30-31,36H,6-7,16-18H2,1-5H3/t25-,26-,30-,31-,36?,37-,38-,39+,40+/m0/s1. The van der Waals surface area contributed by atoms with Gasteiger partial charge in [0.05, 0.1) is 36.0 Å². The molecule has 1 unspecified atom stereocenters. The van der Waals surface area contributed by atoms with E-state index in [0.717, 1.165) is 0 Å². The molecule has 2 spiro atoms. The van der Waals surface area contributed by atoms with Gasteiger partial charge in [-0.3, -0.25) is 4.79 Å². The average molecular weight is 715 g/mol. The van der Waals surface area contributed by atoms with Crippen LogP contribution in [0.2, 0.25) is 0 Å². The summed E-state index contributed by atoms with van der Waals surface area (Å²) in [4.78, 5) is 52.4. The van der Waals surface area contributed by atoms with Crippen molar-refractivity contribution in [1.29, 1.82) is 0 Å². The highest BCUT2D eigenvalue weighted by Gasteiger charge is 3.01. The summed E-state index contributed by atoms with van der Waals surface area (Å²) in [5.74, 6) is -2.75. The second-order valence-electron chi connectivity index (χ2n) is 15.2. The van der Waals surface area contributed by atoms with Crippen LogP contribution in [-0.2, 0) is 30.1 Å². The molecule has 2 aromatic carbocycles. The molecule has 11 nitrogen and oxygen atoms in total. The van der Waals surface area contributed by atoms with Gasteiger partial charge in [-0.25, -0.2) is 18.8 Å². The van der Waals surface area contributed by atoms with Crippen LogP contribution in [0.3, 0.4) is 0 Å². The van der Waals surface area contributed by atoms with Crippen molar-refractivity contribution >= 4 is 23.7 Å². The number of halogens is 1. The lowest BCUT2D eigenvalue weighted by molar-refractivity contribution is -0.0612. The van der Waals surface area contributed by atoms with E-state index in [9.17, 15) is 19.2 Å². The topological polar surface area (TPSA) is 147 Å². The highest BCUT2D eigenvalue weighted by atomic mass is 19.1. The number of alkyl halides is 1. The van der Waals surface area contributed by atoms with Crippen LogP contribution in [0, 0.1) is 11.3 Å². The summed E-state index contributed by atoms with van der Waals surface area (Å²) in [5, 5.41) is 0. The van der Waals surface area contributed by atoms with E-state index in [4.69, 9.17) is 32.8 Å². The molecule has 2 saturated carbocycles. The van der Waals surface area contributed by atoms with Gasteiger partial charge in [-0.1, -0.05) is 32.9 Å². The Balaban J connectivity index is 1.10. The van der Waals surface area contributed by atoms with Crippen molar-refractivity contribution in [2.75, 3.05) is 13.2 Å². The van der Waals surface area contributed by atoms with E-state index in [0.29, 0.717) is 36.0 Å². The maximum atomic E-state index is 16.8. The molecular weight excluding hydrogens is 675 g/mol. The Morgan fingerprint density at radius 2 is 1.40 bits per heavy atom. The number of benzene rings is 2. The molecule has 6 aliphatic rings. The van der Waals surface area contributed by atoms with Gasteiger partial charge in [-0.15, -0.1) is 0 Å². The monoisotopic (exact) mass is 714 g/mol. The SMILES string of the molecule is CCOC(=O)c1ccc(C(=O)Oc2oc(C(=O)c3ccc(C(=O)OCC)cc3)c3c2CC[C@@]2(C)[C@H]3C[C@@H]3O[C@@]34C(F)[C@@]3(C(C)C)O[C@H]3[C@@H]3O[C@]324)cc1. The van der Waals surface area contributed by atoms with E-state index in [2.05, 4.69) is 6.92 Å². The predicted octanol–water partition coefficient (Wildman–Crippen LogP) is 5.94. The first-order valence-electron chi connectivity index (χ1n) is 18.0. The second kappa shape index (κ2) is 11.1. The Morgan fingerprint density at radius 1 is 0.827 bits per heavy atom. The van der Waals surface area contributed by atoms with Crippen LogP contribution in [-0.4, -0.2) is 78.2 Å². The zero-order valence-electron chi connectivity index (χ0n) is 29.5.